The van der Waals surface area contributed by atoms with Gasteiger partial charge in [0.2, 0.25) is 17.6 Å². The molecule has 15 aromatic carbocycles. The second kappa shape index (κ2) is 44.7. The molecule has 0 amide bonds. The standard InChI is InChI=1S/2C46H40N4O.C38H24N4O.3Pt/c1-29(2)37-19-13-20-38(30(3)4)45(37)43-28-48-46-41-26-35(22-23-39(41)40-18-10-11-21-42(40)50(43)46)49(33-14-8-7-9-15-33)34-16-12-17-36(25-34)51-44-24-31(5)32(6)27-47-44;1-31(2)26-33-14-12-15-34(27-32(3)4)45(33)43-30-48-46-41-29-37(23-24-39(41)40-20-8-9-21-42(40)50(43)46)49(35-16-6-5-7-17-35)36-18-13-19-38(28-36)51-44-22-10-11-25-47-44;1-3-12-27(13-4-1)36-26-40-38-34-25-30(21-22-32(34)33-18-7-8-19-35(33)42(36)38)41(28-14-5-2-6-15-28)29-16-11-17-31(24-29)43-37-20-9-10-23-39-37;;;/h7-24,27-30H,1-6H3;5-25,30-32H,26-27H2,1-4H3;1-23,26H;;;/q3*-2;3*+2. The minimum Gasteiger partial charge on any atom is -0.466 e. The van der Waals surface area contributed by atoms with Gasteiger partial charge in [0, 0.05) is 117 Å². The number of nitrogens with zero attached hydrogens (tertiary/aromatic N) is 12. The normalized spacial score (nSPS) is 11.3. The number of aryl methyl sites for hydroxylation is 2. The van der Waals surface area contributed by atoms with Gasteiger partial charge in [-0.15, -0.1) is 109 Å². The zero-order chi connectivity index (χ0) is 98.7. The third-order valence-electron chi connectivity index (χ3n) is 26.5. The maximum atomic E-state index is 6.23. The number of para-hydroxylation sites is 6. The molecule has 0 bridgehead atoms. The fourth-order valence-electron chi connectivity index (χ4n) is 19.9. The number of hydrogen-bond acceptors (Lipinski definition) is 12. The van der Waals surface area contributed by atoms with Crippen LogP contribution in [-0.2, 0) is 76.0 Å². The van der Waals surface area contributed by atoms with Gasteiger partial charge in [-0.3, -0.25) is 15.0 Å². The summed E-state index contributed by atoms with van der Waals surface area (Å²) in [5.41, 5.74) is 28.6. The van der Waals surface area contributed by atoms with E-state index in [0.717, 1.165) is 180 Å². The van der Waals surface area contributed by atoms with Crippen LogP contribution < -0.4 is 28.9 Å². The largest absolute Gasteiger partial charge is 2.00 e. The van der Waals surface area contributed by atoms with Crippen LogP contribution in [0.1, 0.15) is 101 Å². The molecule has 0 aliphatic heterocycles. The molecule has 0 saturated carbocycles. The molecule has 0 atom stereocenters. The van der Waals surface area contributed by atoms with Crippen molar-refractivity contribution in [3.05, 3.63) is 471 Å². The molecule has 24 rings (SSSR count). The van der Waals surface area contributed by atoms with Crippen LogP contribution in [0.2, 0.25) is 0 Å². The molecule has 732 valence electrons. The second-order valence-electron chi connectivity index (χ2n) is 38.0. The number of anilines is 9. The van der Waals surface area contributed by atoms with Gasteiger partial charge in [-0.2, -0.15) is 18.2 Å². The fourth-order valence-corrected chi connectivity index (χ4v) is 19.9. The topological polar surface area (TPSA) is 128 Å². The van der Waals surface area contributed by atoms with Crippen LogP contribution in [0.3, 0.4) is 0 Å². The van der Waals surface area contributed by atoms with Crippen molar-refractivity contribution in [2.45, 2.75) is 93.9 Å². The van der Waals surface area contributed by atoms with E-state index in [-0.39, 0.29) is 63.2 Å². The summed E-state index contributed by atoms with van der Waals surface area (Å²) in [5.74, 6) is 5.08. The van der Waals surface area contributed by atoms with E-state index in [1.165, 1.54) is 33.4 Å². The van der Waals surface area contributed by atoms with E-state index in [2.05, 4.69) is 360 Å². The van der Waals surface area contributed by atoms with E-state index in [4.69, 9.17) is 29.2 Å². The minimum atomic E-state index is 0. The molecule has 15 nitrogen and oxygen atoms in total. The summed E-state index contributed by atoms with van der Waals surface area (Å²) in [6.07, 6.45) is 13.4. The third kappa shape index (κ3) is 20.4. The SMILES string of the molecule is CC(C)Cc1cccc(CC(C)C)c1-c1cnc2c3[c-]c(N(c4[c-]c(Oc5ccccn5)ccc4)c4ccccc4)ccc3c3ccccc3n12.Cc1cnc(Oc2[c-]c(N(c3[c-]c4c(cc3)c3ccccc3n3c(-c5c(C(C)C)cccc5C(C)C)cnc43)c3ccccc3)ccc2)cc1C.[Pt+2].[Pt+2].[Pt+2].[c-]1c(Oc2ccccn2)cccc1N(c1[c-]c2c(cc1)c1ccccc1n1c(-c3ccccc3)cnc21)c1ccccc1. The van der Waals surface area contributed by atoms with Gasteiger partial charge in [-0.05, 0) is 189 Å². The summed E-state index contributed by atoms with van der Waals surface area (Å²) >= 11 is 0. The second-order valence-corrected chi connectivity index (χ2v) is 38.0. The monoisotopic (exact) mass is 2470 g/mol. The molecule has 0 spiro atoms. The number of ether oxygens (including phenoxy) is 3. The number of imidazole rings is 3. The zero-order valence-corrected chi connectivity index (χ0v) is 90.2. The van der Waals surface area contributed by atoms with Crippen LogP contribution in [0, 0.1) is 62.1 Å². The van der Waals surface area contributed by atoms with Crippen molar-refractivity contribution in [2.75, 3.05) is 14.7 Å². The van der Waals surface area contributed by atoms with Crippen LogP contribution in [0.5, 0.6) is 34.9 Å². The average Bonchev–Trinajstić information content (AvgIpc) is 1.55. The molecule has 0 fully saturated rings. The van der Waals surface area contributed by atoms with Gasteiger partial charge in [-0.1, -0.05) is 293 Å². The summed E-state index contributed by atoms with van der Waals surface area (Å²) in [6.45, 7) is 22.4. The third-order valence-corrected chi connectivity index (χ3v) is 26.5. The van der Waals surface area contributed by atoms with Gasteiger partial charge in [0.1, 0.15) is 0 Å². The first-order valence-corrected chi connectivity index (χ1v) is 49.5. The number of fused-ring (bicyclic) bond motifs is 18. The molecule has 0 radical (unpaired) electrons. The van der Waals surface area contributed by atoms with Crippen molar-refractivity contribution in [3.63, 3.8) is 0 Å². The summed E-state index contributed by atoms with van der Waals surface area (Å²) in [5, 5.41) is 9.65. The summed E-state index contributed by atoms with van der Waals surface area (Å²) in [6, 6.07) is 146. The van der Waals surface area contributed by atoms with Gasteiger partial charge >= 0.3 is 63.2 Å². The molecule has 0 aliphatic rings. The molecule has 0 saturated heterocycles. The van der Waals surface area contributed by atoms with Crippen molar-refractivity contribution < 1.29 is 77.4 Å². The Bertz CT molecular complexity index is 8820. The van der Waals surface area contributed by atoms with Crippen molar-refractivity contribution >= 4 is 133 Å². The first kappa shape index (κ1) is 101. The van der Waals surface area contributed by atoms with Gasteiger partial charge in [0.25, 0.3) is 0 Å². The maximum absolute atomic E-state index is 6.23. The number of aromatic nitrogens is 9. The molecule has 0 aliphatic carbocycles. The summed E-state index contributed by atoms with van der Waals surface area (Å²) in [7, 11) is 0. The van der Waals surface area contributed by atoms with Crippen LogP contribution >= 0.6 is 0 Å². The van der Waals surface area contributed by atoms with Crippen LogP contribution in [0.15, 0.2) is 401 Å². The molecule has 0 N–H and O–H groups in total. The van der Waals surface area contributed by atoms with Crippen LogP contribution in [0.4, 0.5) is 51.2 Å². The molecule has 9 aromatic heterocycles. The fraction of sp³-hybridized carbons (Fsp3) is 0.123. The minimum absolute atomic E-state index is 0. The predicted octanol–water partition coefficient (Wildman–Crippen LogP) is 33.9. The van der Waals surface area contributed by atoms with E-state index in [1.807, 2.05) is 177 Å². The summed E-state index contributed by atoms with van der Waals surface area (Å²) in [4.78, 5) is 34.9. The zero-order valence-electron chi connectivity index (χ0n) is 83.4. The Morgan fingerprint density at radius 2 is 0.601 bits per heavy atom. The average molecular weight is 2470 g/mol. The number of hydrogen-bond donors (Lipinski definition) is 0. The van der Waals surface area contributed by atoms with Crippen molar-refractivity contribution in [3.8, 4) is 68.7 Å². The molecule has 148 heavy (non-hydrogen) atoms. The maximum Gasteiger partial charge on any atom is 2.00 e. The first-order valence-electron chi connectivity index (χ1n) is 49.5. The van der Waals surface area contributed by atoms with E-state index in [1.54, 1.807) is 12.4 Å². The Hall–Kier alpha value is -15.8. The van der Waals surface area contributed by atoms with E-state index in [9.17, 15) is 0 Å². The smallest absolute Gasteiger partial charge is 0.466 e. The van der Waals surface area contributed by atoms with Crippen LogP contribution in [0.25, 0.3) is 116 Å². The molecular formula is C130H104N12O3Pt3. The number of benzene rings is 15. The number of pyridine rings is 6. The Labute approximate surface area is 906 Å². The van der Waals surface area contributed by atoms with E-state index in [0.29, 0.717) is 58.6 Å². The first-order chi connectivity index (χ1) is 71.1. The Balaban J connectivity index is 0.000000139. The molecular weight excluding hydrogens is 2360 g/mol. The summed E-state index contributed by atoms with van der Waals surface area (Å²) < 4.78 is 25.3. The quantitative estimate of drug-likeness (QED) is 0.0422. The van der Waals surface area contributed by atoms with Crippen molar-refractivity contribution in [1.82, 2.24) is 43.1 Å². The van der Waals surface area contributed by atoms with Gasteiger partial charge < -0.3 is 42.1 Å². The van der Waals surface area contributed by atoms with Crippen molar-refractivity contribution in [1.29, 1.82) is 0 Å². The molecule has 0 unspecified atom stereocenters. The Morgan fingerprint density at radius 1 is 0.270 bits per heavy atom. The molecule has 18 heteroatoms. The Kier molecular flexibility index (Phi) is 30.5. The van der Waals surface area contributed by atoms with Crippen LogP contribution in [-0.4, -0.2) is 43.1 Å². The van der Waals surface area contributed by atoms with Gasteiger partial charge in [0.15, 0.2) is 0 Å². The molecule has 9 heterocycles. The van der Waals surface area contributed by atoms with E-state index >= 15 is 0 Å². The molecule has 24 aromatic rings. The van der Waals surface area contributed by atoms with E-state index < -0.39 is 0 Å². The van der Waals surface area contributed by atoms with Gasteiger partial charge in [0.05, 0.1) is 34.0 Å². The Morgan fingerprint density at radius 3 is 0.973 bits per heavy atom. The number of rotatable bonds is 24. The van der Waals surface area contributed by atoms with Gasteiger partial charge in [-0.25, -0.2) is 15.0 Å². The predicted molar refractivity (Wildman–Crippen MR) is 592 cm³/mol. The van der Waals surface area contributed by atoms with Crippen molar-refractivity contribution in [2.24, 2.45) is 11.8 Å².